The van der Waals surface area contributed by atoms with E-state index in [0.717, 1.165) is 12.2 Å². The van der Waals surface area contributed by atoms with Crippen molar-refractivity contribution in [2.75, 3.05) is 11.5 Å². The number of aliphatic carboxylic acids is 1. The summed E-state index contributed by atoms with van der Waals surface area (Å²) in [5.74, 6) is 1.86. The van der Waals surface area contributed by atoms with Crippen LogP contribution in [0, 0.1) is 11.8 Å². The van der Waals surface area contributed by atoms with Crippen LogP contribution in [0.1, 0.15) is 19.8 Å². The van der Waals surface area contributed by atoms with Crippen molar-refractivity contribution in [1.29, 1.82) is 0 Å². The van der Waals surface area contributed by atoms with Crippen molar-refractivity contribution in [3.05, 3.63) is 0 Å². The highest BCUT2D eigenvalue weighted by atomic mass is 32.2. The molecule has 0 saturated carbocycles. The van der Waals surface area contributed by atoms with E-state index in [0.29, 0.717) is 5.92 Å². The standard InChI is InChI=1S/C8H14O2S/c1-6(8(9)10)7-3-2-4-11-5-7/h6-7H,2-5H2,1H3,(H,9,10). The number of carboxylic acids is 1. The number of hydrogen-bond acceptors (Lipinski definition) is 2. The van der Waals surface area contributed by atoms with Crippen molar-refractivity contribution in [2.45, 2.75) is 19.8 Å². The lowest BCUT2D eigenvalue weighted by atomic mass is 9.91. The van der Waals surface area contributed by atoms with E-state index in [9.17, 15) is 4.79 Å². The number of rotatable bonds is 2. The van der Waals surface area contributed by atoms with Gasteiger partial charge in [-0.1, -0.05) is 6.92 Å². The molecule has 2 atom stereocenters. The van der Waals surface area contributed by atoms with Gasteiger partial charge in [-0.3, -0.25) is 4.79 Å². The van der Waals surface area contributed by atoms with Crippen molar-refractivity contribution in [3.8, 4) is 0 Å². The smallest absolute Gasteiger partial charge is 0.306 e. The second-order valence-electron chi connectivity index (χ2n) is 3.10. The molecule has 1 fully saturated rings. The Hall–Kier alpha value is -0.180. The highest BCUT2D eigenvalue weighted by Gasteiger charge is 2.24. The Balaban J connectivity index is 2.38. The predicted octanol–water partition coefficient (Wildman–Crippen LogP) is 1.85. The first-order valence-corrected chi connectivity index (χ1v) is 5.18. The molecule has 1 N–H and O–H groups in total. The van der Waals surface area contributed by atoms with Gasteiger partial charge in [-0.15, -0.1) is 0 Å². The maximum absolute atomic E-state index is 10.6. The molecule has 0 aromatic carbocycles. The van der Waals surface area contributed by atoms with Gasteiger partial charge in [0.25, 0.3) is 0 Å². The van der Waals surface area contributed by atoms with Crippen LogP contribution in [0.25, 0.3) is 0 Å². The monoisotopic (exact) mass is 174 g/mol. The molecule has 0 aliphatic carbocycles. The Morgan fingerprint density at radius 3 is 2.91 bits per heavy atom. The zero-order chi connectivity index (χ0) is 8.27. The normalized spacial score (nSPS) is 27.9. The molecule has 1 saturated heterocycles. The quantitative estimate of drug-likeness (QED) is 0.694. The minimum absolute atomic E-state index is 0.150. The molecule has 1 heterocycles. The van der Waals surface area contributed by atoms with E-state index < -0.39 is 5.97 Å². The van der Waals surface area contributed by atoms with Crippen molar-refractivity contribution in [2.24, 2.45) is 11.8 Å². The third kappa shape index (κ3) is 2.40. The molecule has 0 aromatic rings. The van der Waals surface area contributed by atoms with Crippen molar-refractivity contribution < 1.29 is 9.90 Å². The number of thioether (sulfide) groups is 1. The molecule has 11 heavy (non-hydrogen) atoms. The van der Waals surface area contributed by atoms with Crippen LogP contribution in [0.2, 0.25) is 0 Å². The maximum Gasteiger partial charge on any atom is 0.306 e. The van der Waals surface area contributed by atoms with E-state index in [1.54, 1.807) is 0 Å². The number of carboxylic acid groups (broad SMARTS) is 1. The molecular formula is C8H14O2S. The van der Waals surface area contributed by atoms with Crippen LogP contribution in [0.15, 0.2) is 0 Å². The molecule has 3 heteroatoms. The minimum atomic E-state index is -0.641. The number of carbonyl (C=O) groups is 1. The summed E-state index contributed by atoms with van der Waals surface area (Å²) in [5, 5.41) is 8.72. The summed E-state index contributed by atoms with van der Waals surface area (Å²) >= 11 is 1.89. The van der Waals surface area contributed by atoms with Crippen LogP contribution >= 0.6 is 11.8 Å². The van der Waals surface area contributed by atoms with Gasteiger partial charge in [0.15, 0.2) is 0 Å². The summed E-state index contributed by atoms with van der Waals surface area (Å²) in [6, 6.07) is 0. The molecule has 0 bridgehead atoms. The van der Waals surface area contributed by atoms with Gasteiger partial charge in [0.1, 0.15) is 0 Å². The van der Waals surface area contributed by atoms with Gasteiger partial charge in [0, 0.05) is 0 Å². The third-order valence-corrected chi connectivity index (χ3v) is 3.53. The van der Waals surface area contributed by atoms with Crippen LogP contribution < -0.4 is 0 Å². The topological polar surface area (TPSA) is 37.3 Å². The zero-order valence-corrected chi connectivity index (χ0v) is 7.56. The first-order chi connectivity index (χ1) is 5.22. The molecular weight excluding hydrogens is 160 g/mol. The summed E-state index contributed by atoms with van der Waals surface area (Å²) < 4.78 is 0. The third-order valence-electron chi connectivity index (χ3n) is 2.29. The number of hydrogen-bond donors (Lipinski definition) is 1. The van der Waals surface area contributed by atoms with Crippen LogP contribution in [0.3, 0.4) is 0 Å². The highest BCUT2D eigenvalue weighted by molar-refractivity contribution is 7.99. The van der Waals surface area contributed by atoms with Crippen molar-refractivity contribution in [1.82, 2.24) is 0 Å². The first-order valence-electron chi connectivity index (χ1n) is 4.02. The van der Waals surface area contributed by atoms with E-state index in [-0.39, 0.29) is 5.92 Å². The first kappa shape index (κ1) is 8.91. The Morgan fingerprint density at radius 1 is 1.73 bits per heavy atom. The van der Waals surface area contributed by atoms with Crippen LogP contribution in [-0.2, 0) is 4.79 Å². The second kappa shape index (κ2) is 4.00. The molecule has 0 radical (unpaired) electrons. The fourth-order valence-electron chi connectivity index (χ4n) is 1.36. The van der Waals surface area contributed by atoms with Gasteiger partial charge < -0.3 is 5.11 Å². The van der Waals surface area contributed by atoms with Crippen molar-refractivity contribution >= 4 is 17.7 Å². The maximum atomic E-state index is 10.6. The highest BCUT2D eigenvalue weighted by Crippen LogP contribution is 2.28. The van der Waals surface area contributed by atoms with E-state index in [2.05, 4.69) is 0 Å². The lowest BCUT2D eigenvalue weighted by molar-refractivity contribution is -0.142. The molecule has 2 nitrogen and oxygen atoms in total. The van der Waals surface area contributed by atoms with E-state index in [1.165, 1.54) is 12.2 Å². The van der Waals surface area contributed by atoms with Gasteiger partial charge in [-0.2, -0.15) is 11.8 Å². The molecule has 1 aliphatic rings. The summed E-state index contributed by atoms with van der Waals surface area (Å²) in [7, 11) is 0. The van der Waals surface area contributed by atoms with Crippen LogP contribution in [0.4, 0.5) is 0 Å². The Morgan fingerprint density at radius 2 is 2.45 bits per heavy atom. The van der Waals surface area contributed by atoms with Gasteiger partial charge in [-0.25, -0.2) is 0 Å². The molecule has 0 spiro atoms. The summed E-state index contributed by atoms with van der Waals surface area (Å²) in [6.45, 7) is 1.82. The molecule has 1 aliphatic heterocycles. The second-order valence-corrected chi connectivity index (χ2v) is 4.25. The Kier molecular flexibility index (Phi) is 3.24. The lowest BCUT2D eigenvalue weighted by Crippen LogP contribution is -2.24. The molecule has 2 unspecified atom stereocenters. The van der Waals surface area contributed by atoms with Gasteiger partial charge in [0.05, 0.1) is 5.92 Å². The molecule has 0 aromatic heterocycles. The largest absolute Gasteiger partial charge is 0.481 e. The van der Waals surface area contributed by atoms with E-state index in [4.69, 9.17) is 5.11 Å². The predicted molar refractivity (Wildman–Crippen MR) is 46.8 cm³/mol. The summed E-state index contributed by atoms with van der Waals surface area (Å²) in [5.41, 5.74) is 0. The fraction of sp³-hybridized carbons (Fsp3) is 0.875. The molecule has 64 valence electrons. The SMILES string of the molecule is CC(C(=O)O)C1CCCSC1. The molecule has 0 amide bonds. The van der Waals surface area contributed by atoms with Crippen molar-refractivity contribution in [3.63, 3.8) is 0 Å². The molecule has 1 rings (SSSR count). The van der Waals surface area contributed by atoms with E-state index in [1.807, 2.05) is 18.7 Å². The van der Waals surface area contributed by atoms with Gasteiger partial charge in [-0.05, 0) is 30.3 Å². The van der Waals surface area contributed by atoms with Gasteiger partial charge >= 0.3 is 5.97 Å². The Labute approximate surface area is 71.4 Å². The average molecular weight is 174 g/mol. The van der Waals surface area contributed by atoms with E-state index >= 15 is 0 Å². The van der Waals surface area contributed by atoms with Gasteiger partial charge in [0.2, 0.25) is 0 Å². The zero-order valence-electron chi connectivity index (χ0n) is 6.75. The van der Waals surface area contributed by atoms with Crippen LogP contribution in [-0.4, -0.2) is 22.6 Å². The lowest BCUT2D eigenvalue weighted by Gasteiger charge is -2.24. The summed E-state index contributed by atoms with van der Waals surface area (Å²) in [4.78, 5) is 10.6. The van der Waals surface area contributed by atoms with Crippen LogP contribution in [0.5, 0.6) is 0 Å². The average Bonchev–Trinajstić information content (AvgIpc) is 2.05. The minimum Gasteiger partial charge on any atom is -0.481 e. The Bertz CT molecular complexity index is 141. The summed E-state index contributed by atoms with van der Waals surface area (Å²) in [6.07, 6.45) is 2.29. The fourth-order valence-corrected chi connectivity index (χ4v) is 2.66.